The van der Waals surface area contributed by atoms with Crippen molar-refractivity contribution in [1.82, 2.24) is 20.4 Å². The molecule has 0 radical (unpaired) electrons. The van der Waals surface area contributed by atoms with Crippen LogP contribution in [0.25, 0.3) is 10.9 Å². The minimum absolute atomic E-state index is 0.0384. The van der Waals surface area contributed by atoms with E-state index in [1.165, 1.54) is 13.2 Å². The van der Waals surface area contributed by atoms with E-state index in [9.17, 15) is 13.2 Å². The summed E-state index contributed by atoms with van der Waals surface area (Å²) in [7, 11) is -2.54. The lowest BCUT2D eigenvalue weighted by Crippen LogP contribution is -2.39. The van der Waals surface area contributed by atoms with Gasteiger partial charge in [0.2, 0.25) is 0 Å². The van der Waals surface area contributed by atoms with Crippen molar-refractivity contribution in [2.75, 3.05) is 11.8 Å². The molecule has 200 valence electrons. The Morgan fingerprint density at radius 3 is 2.68 bits per heavy atom. The van der Waals surface area contributed by atoms with Gasteiger partial charge in [-0.2, -0.15) is 5.10 Å². The van der Waals surface area contributed by atoms with Crippen molar-refractivity contribution < 1.29 is 17.9 Å². The number of fused-ring (bicyclic) bond motifs is 1. The summed E-state index contributed by atoms with van der Waals surface area (Å²) in [6.45, 7) is 4.50. The number of thiocarbonyl (C=S) groups is 1. The van der Waals surface area contributed by atoms with Crippen LogP contribution in [0.1, 0.15) is 31.4 Å². The number of nitrogens with one attached hydrogen (secondary N) is 3. The van der Waals surface area contributed by atoms with Crippen molar-refractivity contribution in [3.8, 4) is 5.75 Å². The van der Waals surface area contributed by atoms with Crippen LogP contribution in [0.2, 0.25) is 0 Å². The summed E-state index contributed by atoms with van der Waals surface area (Å²) in [4.78, 5) is 12.2. The standard InChI is InChI=1S/C26H28ClN5O4S2/c1-16(2)29-26(33)28-14-17-6-4-7-18(12-17)15-32-20-8-5-9-21(36-3)24(20)25(30-32)31-38(34,35)23-13-19(27)10-11-22(23)37/h4-10,12-13,16H,11,14-15H2,1-3H3,(H,30,31)(H2,28,29,33). The van der Waals surface area contributed by atoms with Crippen LogP contribution in [0.5, 0.6) is 5.75 Å². The highest BCUT2D eigenvalue weighted by atomic mass is 35.5. The third-order valence-electron chi connectivity index (χ3n) is 5.70. The van der Waals surface area contributed by atoms with Gasteiger partial charge in [-0.15, -0.1) is 0 Å². The number of nitrogens with zero attached hydrogens (tertiary/aromatic N) is 2. The van der Waals surface area contributed by atoms with Gasteiger partial charge in [-0.1, -0.05) is 60.2 Å². The number of hydrogen-bond donors (Lipinski definition) is 3. The van der Waals surface area contributed by atoms with E-state index in [0.29, 0.717) is 34.8 Å². The average Bonchev–Trinajstić information content (AvgIpc) is 3.20. The molecular formula is C26H28ClN5O4S2. The number of carbonyl (C=O) groups excluding carboxylic acids is 1. The first kappa shape index (κ1) is 27.6. The highest BCUT2D eigenvalue weighted by Gasteiger charge is 2.27. The Morgan fingerprint density at radius 1 is 1.21 bits per heavy atom. The van der Waals surface area contributed by atoms with E-state index >= 15 is 0 Å². The maximum atomic E-state index is 13.3. The summed E-state index contributed by atoms with van der Waals surface area (Å²) in [5.41, 5.74) is 2.52. The predicted octanol–water partition coefficient (Wildman–Crippen LogP) is 4.82. The van der Waals surface area contributed by atoms with E-state index in [4.69, 9.17) is 28.6 Å². The van der Waals surface area contributed by atoms with Crippen molar-refractivity contribution >= 4 is 61.5 Å². The SMILES string of the molecule is COc1cccc2c1c(NS(=O)(=O)C1=CC(Cl)=CCC1=S)nn2Cc1cccc(CNC(=O)NC(C)C)c1. The van der Waals surface area contributed by atoms with Gasteiger partial charge < -0.3 is 15.4 Å². The highest BCUT2D eigenvalue weighted by molar-refractivity contribution is 7.99. The molecule has 3 aromatic rings. The first-order chi connectivity index (χ1) is 18.1. The third kappa shape index (κ3) is 6.35. The molecule has 38 heavy (non-hydrogen) atoms. The van der Waals surface area contributed by atoms with E-state index in [0.717, 1.165) is 11.1 Å². The molecule has 2 aromatic carbocycles. The third-order valence-corrected chi connectivity index (χ3v) is 7.89. The number of carbonyl (C=O) groups is 1. The fraction of sp³-hybridized carbons (Fsp3) is 0.269. The molecule has 0 atom stereocenters. The summed E-state index contributed by atoms with van der Waals surface area (Å²) in [5.74, 6) is 0.591. The van der Waals surface area contributed by atoms with Gasteiger partial charge >= 0.3 is 6.03 Å². The van der Waals surface area contributed by atoms with Gasteiger partial charge in [-0.25, -0.2) is 13.2 Å². The normalized spacial score (nSPS) is 13.8. The van der Waals surface area contributed by atoms with Gasteiger partial charge in [0.25, 0.3) is 10.0 Å². The Kier molecular flexibility index (Phi) is 8.39. The highest BCUT2D eigenvalue weighted by Crippen LogP contribution is 2.34. The number of urea groups is 1. The van der Waals surface area contributed by atoms with Crippen LogP contribution in [0, 0.1) is 0 Å². The number of aromatic nitrogens is 2. The van der Waals surface area contributed by atoms with Crippen molar-refractivity contribution in [2.45, 2.75) is 39.4 Å². The monoisotopic (exact) mass is 573 g/mol. The molecule has 12 heteroatoms. The molecule has 1 aliphatic rings. The molecule has 0 spiro atoms. The molecular weight excluding hydrogens is 546 g/mol. The number of rotatable bonds is 9. The summed E-state index contributed by atoms with van der Waals surface area (Å²) in [6.07, 6.45) is 3.27. The van der Waals surface area contributed by atoms with Gasteiger partial charge in [0.05, 0.1) is 24.6 Å². The Bertz CT molecular complexity index is 1560. The second-order valence-electron chi connectivity index (χ2n) is 8.99. The summed E-state index contributed by atoms with van der Waals surface area (Å²) in [5, 5.41) is 11.1. The van der Waals surface area contributed by atoms with Crippen LogP contribution in [-0.2, 0) is 23.1 Å². The van der Waals surface area contributed by atoms with Gasteiger partial charge in [0.15, 0.2) is 5.82 Å². The molecule has 0 aliphatic heterocycles. The van der Waals surface area contributed by atoms with E-state index in [1.54, 1.807) is 16.8 Å². The lowest BCUT2D eigenvalue weighted by Gasteiger charge is -2.14. The predicted molar refractivity (Wildman–Crippen MR) is 154 cm³/mol. The molecule has 2 amide bonds. The second kappa shape index (κ2) is 11.5. The van der Waals surface area contributed by atoms with E-state index in [1.807, 2.05) is 50.2 Å². The van der Waals surface area contributed by atoms with Gasteiger partial charge in [0, 0.05) is 28.9 Å². The summed E-state index contributed by atoms with van der Waals surface area (Å²) in [6, 6.07) is 12.9. The molecule has 9 nitrogen and oxygen atoms in total. The molecule has 1 aliphatic carbocycles. The second-order valence-corrected chi connectivity index (χ2v) is 11.6. The van der Waals surface area contributed by atoms with E-state index in [-0.39, 0.29) is 34.1 Å². The first-order valence-electron chi connectivity index (χ1n) is 11.9. The molecule has 3 N–H and O–H groups in total. The van der Waals surface area contributed by atoms with Gasteiger partial charge in [-0.05, 0) is 43.2 Å². The van der Waals surface area contributed by atoms with Gasteiger partial charge in [-0.3, -0.25) is 9.40 Å². The number of anilines is 1. The fourth-order valence-electron chi connectivity index (χ4n) is 4.03. The lowest BCUT2D eigenvalue weighted by molar-refractivity contribution is 0.238. The van der Waals surface area contributed by atoms with Gasteiger partial charge in [0.1, 0.15) is 10.7 Å². The Morgan fingerprint density at radius 2 is 1.95 bits per heavy atom. The number of ether oxygens (including phenoxy) is 1. The van der Waals surface area contributed by atoms with Crippen LogP contribution in [0.15, 0.2) is 64.6 Å². The van der Waals surface area contributed by atoms with Crippen LogP contribution in [0.4, 0.5) is 10.6 Å². The van der Waals surface area contributed by atoms with Crippen LogP contribution in [-0.4, -0.2) is 42.2 Å². The minimum Gasteiger partial charge on any atom is -0.496 e. The zero-order valence-electron chi connectivity index (χ0n) is 21.1. The number of allylic oxidation sites excluding steroid dienone is 4. The molecule has 4 rings (SSSR count). The number of methoxy groups -OCH3 is 1. The Labute approximate surface area is 231 Å². The molecule has 1 heterocycles. The van der Waals surface area contributed by atoms with E-state index in [2.05, 4.69) is 20.5 Å². The fourth-order valence-corrected chi connectivity index (χ4v) is 5.93. The molecule has 0 saturated heterocycles. The number of benzene rings is 2. The van der Waals surface area contributed by atoms with Crippen molar-refractivity contribution in [3.63, 3.8) is 0 Å². The quantitative estimate of drug-likeness (QED) is 0.316. The molecule has 0 fully saturated rings. The number of sulfonamides is 1. The number of halogens is 1. The van der Waals surface area contributed by atoms with Crippen molar-refractivity contribution in [2.24, 2.45) is 0 Å². The average molecular weight is 574 g/mol. The van der Waals surface area contributed by atoms with Crippen molar-refractivity contribution in [3.05, 3.63) is 75.7 Å². The Balaban J connectivity index is 1.65. The largest absolute Gasteiger partial charge is 0.496 e. The zero-order chi connectivity index (χ0) is 27.4. The summed E-state index contributed by atoms with van der Waals surface area (Å²) >= 11 is 11.3. The lowest BCUT2D eigenvalue weighted by atomic mass is 10.1. The maximum Gasteiger partial charge on any atom is 0.315 e. The smallest absolute Gasteiger partial charge is 0.315 e. The molecule has 1 aromatic heterocycles. The molecule has 0 bridgehead atoms. The molecule has 0 saturated carbocycles. The Hall–Kier alpha value is -3.41. The van der Waals surface area contributed by atoms with E-state index < -0.39 is 10.0 Å². The van der Waals surface area contributed by atoms with Crippen LogP contribution in [0.3, 0.4) is 0 Å². The summed E-state index contributed by atoms with van der Waals surface area (Å²) < 4.78 is 36.4. The van der Waals surface area contributed by atoms with Crippen LogP contribution < -0.4 is 20.1 Å². The molecule has 0 unspecified atom stereocenters. The first-order valence-corrected chi connectivity index (χ1v) is 14.1. The number of hydrogen-bond acceptors (Lipinski definition) is 6. The van der Waals surface area contributed by atoms with Crippen molar-refractivity contribution in [1.29, 1.82) is 0 Å². The zero-order valence-corrected chi connectivity index (χ0v) is 23.5. The maximum absolute atomic E-state index is 13.3. The number of amides is 2. The van der Waals surface area contributed by atoms with Crippen LogP contribution >= 0.6 is 23.8 Å². The topological polar surface area (TPSA) is 114 Å². The minimum atomic E-state index is -4.06.